The first kappa shape index (κ1) is 19.6. The molecule has 2 N–H and O–H groups in total. The van der Waals surface area contributed by atoms with Crippen LogP contribution < -0.4 is 5.32 Å². The number of aromatic amines is 1. The Kier molecular flexibility index (Phi) is 5.08. The van der Waals surface area contributed by atoms with E-state index in [1.165, 1.54) is 35.1 Å². The van der Waals surface area contributed by atoms with E-state index in [-0.39, 0.29) is 5.91 Å². The number of hydrogen-bond donors (Lipinski definition) is 2. The lowest BCUT2D eigenvalue weighted by atomic mass is 9.91. The van der Waals surface area contributed by atoms with Crippen LogP contribution in [-0.4, -0.2) is 30.0 Å². The number of ether oxygens (including phenoxy) is 1. The van der Waals surface area contributed by atoms with Gasteiger partial charge in [0, 0.05) is 28.4 Å². The van der Waals surface area contributed by atoms with Gasteiger partial charge in [0.1, 0.15) is 6.04 Å². The first-order chi connectivity index (χ1) is 15.1. The van der Waals surface area contributed by atoms with E-state index in [0.717, 1.165) is 34.2 Å². The van der Waals surface area contributed by atoms with Gasteiger partial charge in [0.2, 0.25) is 0 Å². The van der Waals surface area contributed by atoms with Crippen molar-refractivity contribution < 1.29 is 14.3 Å². The molecular formula is C25H22N2O3S. The van der Waals surface area contributed by atoms with Crippen LogP contribution in [0.25, 0.3) is 21.3 Å². The number of methoxy groups -OCH3 is 1. The number of aromatic nitrogens is 1. The molecule has 1 unspecified atom stereocenters. The number of thiophene rings is 1. The van der Waals surface area contributed by atoms with Crippen molar-refractivity contribution in [1.82, 2.24) is 10.3 Å². The van der Waals surface area contributed by atoms with Crippen LogP contribution in [0.2, 0.25) is 0 Å². The second-order valence-corrected chi connectivity index (χ2v) is 8.79. The minimum absolute atomic E-state index is 0.243. The maximum atomic E-state index is 13.1. The number of fused-ring (bicyclic) bond motifs is 4. The molecule has 156 valence electrons. The second kappa shape index (κ2) is 8.04. The SMILES string of the molecule is COC(=O)C(Cc1c[nH]c2ccccc12)NC(=O)c1cc2c(s1)-c1ccccc1CC2. The Balaban J connectivity index is 1.40. The van der Waals surface area contributed by atoms with E-state index in [1.54, 1.807) is 0 Å². The van der Waals surface area contributed by atoms with Crippen LogP contribution in [-0.2, 0) is 28.8 Å². The summed E-state index contributed by atoms with van der Waals surface area (Å²) in [7, 11) is 1.34. The molecule has 2 aromatic heterocycles. The summed E-state index contributed by atoms with van der Waals surface area (Å²) >= 11 is 1.49. The number of para-hydroxylation sites is 1. The lowest BCUT2D eigenvalue weighted by molar-refractivity contribution is -0.142. The number of carbonyl (C=O) groups is 2. The molecule has 1 atom stereocenters. The highest BCUT2D eigenvalue weighted by Crippen LogP contribution is 2.39. The van der Waals surface area contributed by atoms with Gasteiger partial charge < -0.3 is 15.0 Å². The number of carbonyl (C=O) groups excluding carboxylic acids is 2. The number of esters is 1. The molecule has 0 spiro atoms. The normalized spacial score (nSPS) is 13.3. The van der Waals surface area contributed by atoms with Gasteiger partial charge in [0.25, 0.3) is 5.91 Å². The number of hydrogen-bond acceptors (Lipinski definition) is 4. The molecule has 1 amide bonds. The quantitative estimate of drug-likeness (QED) is 0.458. The Hall–Kier alpha value is -3.38. The van der Waals surface area contributed by atoms with Crippen LogP contribution in [0.4, 0.5) is 0 Å². The molecule has 6 heteroatoms. The molecule has 31 heavy (non-hydrogen) atoms. The van der Waals surface area contributed by atoms with Gasteiger partial charge in [-0.25, -0.2) is 4.79 Å². The van der Waals surface area contributed by atoms with Gasteiger partial charge in [-0.3, -0.25) is 4.79 Å². The number of aryl methyl sites for hydroxylation is 2. The largest absolute Gasteiger partial charge is 0.467 e. The summed E-state index contributed by atoms with van der Waals surface area (Å²) in [6, 6.07) is 17.4. The third kappa shape index (κ3) is 3.64. The smallest absolute Gasteiger partial charge is 0.328 e. The molecular weight excluding hydrogens is 408 g/mol. The summed E-state index contributed by atoms with van der Waals surface area (Å²) in [5.41, 5.74) is 5.68. The second-order valence-electron chi connectivity index (χ2n) is 7.73. The molecule has 0 aliphatic heterocycles. The monoisotopic (exact) mass is 430 g/mol. The highest BCUT2D eigenvalue weighted by atomic mass is 32.1. The van der Waals surface area contributed by atoms with E-state index < -0.39 is 12.0 Å². The third-order valence-corrected chi connectivity index (χ3v) is 7.06. The molecule has 0 saturated carbocycles. The van der Waals surface area contributed by atoms with Crippen molar-refractivity contribution in [3.63, 3.8) is 0 Å². The van der Waals surface area contributed by atoms with Gasteiger partial charge in [-0.15, -0.1) is 11.3 Å². The van der Waals surface area contributed by atoms with Crippen LogP contribution in [0.15, 0.2) is 60.8 Å². The average Bonchev–Trinajstić information content (AvgIpc) is 3.43. The number of H-pyrrole nitrogens is 1. The van der Waals surface area contributed by atoms with Gasteiger partial charge in [-0.2, -0.15) is 0 Å². The topological polar surface area (TPSA) is 71.2 Å². The van der Waals surface area contributed by atoms with E-state index in [4.69, 9.17) is 4.74 Å². The van der Waals surface area contributed by atoms with Gasteiger partial charge in [-0.05, 0) is 47.2 Å². The summed E-state index contributed by atoms with van der Waals surface area (Å²) in [4.78, 5) is 30.5. The minimum atomic E-state index is -0.761. The fraction of sp³-hybridized carbons (Fsp3) is 0.200. The van der Waals surface area contributed by atoms with Crippen molar-refractivity contribution >= 4 is 34.1 Å². The standard InChI is InChI=1S/C25H22N2O3S/c1-30-25(29)21(12-17-14-26-20-9-5-4-7-18(17)20)27-24(28)22-13-16-11-10-15-6-2-3-8-19(15)23(16)31-22/h2-9,13-14,21,26H,10-12H2,1H3,(H,27,28). The van der Waals surface area contributed by atoms with Crippen molar-refractivity contribution in [2.24, 2.45) is 0 Å². The molecule has 5 rings (SSSR count). The van der Waals surface area contributed by atoms with Crippen LogP contribution in [0.1, 0.15) is 26.4 Å². The number of amides is 1. The van der Waals surface area contributed by atoms with Crippen molar-refractivity contribution in [1.29, 1.82) is 0 Å². The van der Waals surface area contributed by atoms with E-state index >= 15 is 0 Å². The molecule has 0 bridgehead atoms. The van der Waals surface area contributed by atoms with Gasteiger partial charge in [-0.1, -0.05) is 42.5 Å². The first-order valence-corrected chi connectivity index (χ1v) is 11.1. The van der Waals surface area contributed by atoms with Crippen LogP contribution >= 0.6 is 11.3 Å². The highest BCUT2D eigenvalue weighted by Gasteiger charge is 2.26. The summed E-state index contributed by atoms with van der Waals surface area (Å²) in [6.45, 7) is 0. The van der Waals surface area contributed by atoms with Crippen LogP contribution in [0.5, 0.6) is 0 Å². The minimum Gasteiger partial charge on any atom is -0.467 e. The van der Waals surface area contributed by atoms with Crippen LogP contribution in [0.3, 0.4) is 0 Å². The van der Waals surface area contributed by atoms with Crippen molar-refractivity contribution in [2.45, 2.75) is 25.3 Å². The maximum absolute atomic E-state index is 13.1. The van der Waals surface area contributed by atoms with Gasteiger partial charge >= 0.3 is 5.97 Å². The number of nitrogens with one attached hydrogen (secondary N) is 2. The molecule has 1 aliphatic rings. The molecule has 0 saturated heterocycles. The third-order valence-electron chi connectivity index (χ3n) is 5.85. The highest BCUT2D eigenvalue weighted by molar-refractivity contribution is 7.17. The van der Waals surface area contributed by atoms with E-state index in [2.05, 4.69) is 28.5 Å². The fourth-order valence-electron chi connectivity index (χ4n) is 4.27. The Morgan fingerprint density at radius 3 is 2.74 bits per heavy atom. The average molecular weight is 431 g/mol. The summed E-state index contributed by atoms with van der Waals surface area (Å²) in [5.74, 6) is -0.697. The zero-order valence-electron chi connectivity index (χ0n) is 17.1. The molecule has 2 heterocycles. The molecule has 5 nitrogen and oxygen atoms in total. The maximum Gasteiger partial charge on any atom is 0.328 e. The lowest BCUT2D eigenvalue weighted by Crippen LogP contribution is -2.42. The fourth-order valence-corrected chi connectivity index (χ4v) is 5.44. The van der Waals surface area contributed by atoms with Crippen molar-refractivity contribution in [3.05, 3.63) is 82.4 Å². The van der Waals surface area contributed by atoms with Gasteiger partial charge in [0.05, 0.1) is 12.0 Å². The molecule has 0 radical (unpaired) electrons. The molecule has 2 aromatic carbocycles. The van der Waals surface area contributed by atoms with E-state index in [0.29, 0.717) is 11.3 Å². The molecule has 4 aromatic rings. The Morgan fingerprint density at radius 1 is 1.10 bits per heavy atom. The van der Waals surface area contributed by atoms with E-state index in [9.17, 15) is 9.59 Å². The van der Waals surface area contributed by atoms with Crippen LogP contribution in [0, 0.1) is 0 Å². The Labute approximate surface area is 184 Å². The van der Waals surface area contributed by atoms with Crippen molar-refractivity contribution in [2.75, 3.05) is 7.11 Å². The lowest BCUT2D eigenvalue weighted by Gasteiger charge is -2.16. The predicted octanol–water partition coefficient (Wildman–Crippen LogP) is 4.51. The zero-order chi connectivity index (χ0) is 21.4. The Bertz CT molecular complexity index is 1290. The first-order valence-electron chi connectivity index (χ1n) is 10.3. The number of benzene rings is 2. The summed E-state index contributed by atoms with van der Waals surface area (Å²) in [5, 5.41) is 3.94. The zero-order valence-corrected chi connectivity index (χ0v) is 17.9. The molecule has 1 aliphatic carbocycles. The Morgan fingerprint density at radius 2 is 1.87 bits per heavy atom. The summed E-state index contributed by atoms with van der Waals surface area (Å²) < 4.78 is 4.98. The summed E-state index contributed by atoms with van der Waals surface area (Å²) in [6.07, 6.45) is 4.14. The van der Waals surface area contributed by atoms with E-state index in [1.807, 2.05) is 42.6 Å². The van der Waals surface area contributed by atoms with Crippen molar-refractivity contribution in [3.8, 4) is 10.4 Å². The predicted molar refractivity (Wildman–Crippen MR) is 122 cm³/mol. The van der Waals surface area contributed by atoms with Gasteiger partial charge in [0.15, 0.2) is 0 Å². The molecule has 0 fully saturated rings. The number of rotatable bonds is 5.